The predicted molar refractivity (Wildman–Crippen MR) is 115 cm³/mol. The number of benzene rings is 1. The molecule has 1 aromatic heterocycles. The Morgan fingerprint density at radius 3 is 2.82 bits per heavy atom. The number of piperidine rings is 1. The fourth-order valence-electron chi connectivity index (χ4n) is 3.46. The molecular formula is C22H29N3O2S. The quantitative estimate of drug-likeness (QED) is 0.735. The molecule has 1 aliphatic heterocycles. The molecule has 1 aromatic carbocycles. The van der Waals surface area contributed by atoms with E-state index in [4.69, 9.17) is 4.74 Å². The Balaban J connectivity index is 1.50. The molecule has 1 N–H and O–H groups in total. The third-order valence-electron chi connectivity index (χ3n) is 5.06. The Morgan fingerprint density at radius 1 is 1.29 bits per heavy atom. The minimum atomic E-state index is -0.114. The van der Waals surface area contributed by atoms with E-state index < -0.39 is 0 Å². The highest BCUT2D eigenvalue weighted by molar-refractivity contribution is 7.98. The van der Waals surface area contributed by atoms with E-state index in [1.54, 1.807) is 6.20 Å². The average molecular weight is 400 g/mol. The predicted octanol–water partition coefficient (Wildman–Crippen LogP) is 3.61. The summed E-state index contributed by atoms with van der Waals surface area (Å²) in [5.74, 6) is 1.82. The highest BCUT2D eigenvalue weighted by Gasteiger charge is 2.23. The molecule has 0 saturated carbocycles. The van der Waals surface area contributed by atoms with Crippen LogP contribution in [-0.4, -0.2) is 53.0 Å². The van der Waals surface area contributed by atoms with Crippen LogP contribution in [0.25, 0.3) is 0 Å². The lowest BCUT2D eigenvalue weighted by Crippen LogP contribution is -2.43. The van der Waals surface area contributed by atoms with Gasteiger partial charge in [0.05, 0.1) is 12.2 Å². The molecule has 1 aliphatic rings. The van der Waals surface area contributed by atoms with E-state index in [0.717, 1.165) is 37.4 Å². The lowest BCUT2D eigenvalue weighted by atomic mass is 10.1. The first-order valence-electron chi connectivity index (χ1n) is 9.83. The Morgan fingerprint density at radius 2 is 2.11 bits per heavy atom. The first-order chi connectivity index (χ1) is 13.7. The van der Waals surface area contributed by atoms with Gasteiger partial charge in [-0.05, 0) is 56.4 Å². The zero-order chi connectivity index (χ0) is 19.8. The zero-order valence-corrected chi connectivity index (χ0v) is 17.5. The largest absolute Gasteiger partial charge is 0.490 e. The third-order valence-corrected chi connectivity index (χ3v) is 5.88. The van der Waals surface area contributed by atoms with Crippen molar-refractivity contribution in [3.8, 4) is 5.75 Å². The van der Waals surface area contributed by atoms with E-state index in [2.05, 4.69) is 28.4 Å². The van der Waals surface area contributed by atoms with Crippen LogP contribution >= 0.6 is 11.8 Å². The normalized spacial score (nSPS) is 16.5. The Bertz CT molecular complexity index is 748. The summed E-state index contributed by atoms with van der Waals surface area (Å²) >= 11 is 1.90. The maximum atomic E-state index is 12.4. The van der Waals surface area contributed by atoms with Crippen molar-refractivity contribution >= 4 is 17.7 Å². The summed E-state index contributed by atoms with van der Waals surface area (Å²) in [6, 6.07) is 13.7. The van der Waals surface area contributed by atoms with Crippen molar-refractivity contribution < 1.29 is 9.53 Å². The van der Waals surface area contributed by atoms with Gasteiger partial charge in [0.25, 0.3) is 5.91 Å². The van der Waals surface area contributed by atoms with Crippen LogP contribution < -0.4 is 10.1 Å². The van der Waals surface area contributed by atoms with Crippen molar-refractivity contribution in [2.45, 2.75) is 38.5 Å². The molecule has 6 heteroatoms. The molecule has 1 atom stereocenters. The number of nitrogens with zero attached hydrogens (tertiary/aromatic N) is 2. The molecule has 0 aliphatic carbocycles. The zero-order valence-electron chi connectivity index (χ0n) is 16.6. The molecule has 2 aromatic rings. The Labute approximate surface area is 171 Å². The van der Waals surface area contributed by atoms with E-state index in [1.807, 2.05) is 54.2 Å². The van der Waals surface area contributed by atoms with Gasteiger partial charge in [-0.25, -0.2) is 0 Å². The fourth-order valence-corrected chi connectivity index (χ4v) is 4.15. The van der Waals surface area contributed by atoms with Crippen molar-refractivity contribution in [1.29, 1.82) is 0 Å². The fraction of sp³-hybridized carbons (Fsp3) is 0.455. The summed E-state index contributed by atoms with van der Waals surface area (Å²) < 4.78 is 6.17. The number of ether oxygens (including phenoxy) is 1. The molecule has 0 bridgehead atoms. The summed E-state index contributed by atoms with van der Waals surface area (Å²) in [5.41, 5.74) is 1.45. The summed E-state index contributed by atoms with van der Waals surface area (Å²) in [6.07, 6.45) is 6.14. The molecule has 1 amide bonds. The molecular weight excluding hydrogens is 370 g/mol. The molecule has 0 spiro atoms. The smallest absolute Gasteiger partial charge is 0.251 e. The summed E-state index contributed by atoms with van der Waals surface area (Å²) in [7, 11) is 0. The van der Waals surface area contributed by atoms with Crippen molar-refractivity contribution in [2.24, 2.45) is 0 Å². The summed E-state index contributed by atoms with van der Waals surface area (Å²) in [4.78, 5) is 19.2. The number of aromatic nitrogens is 1. The number of rotatable bonds is 8. The van der Waals surface area contributed by atoms with Crippen LogP contribution in [-0.2, 0) is 6.54 Å². The van der Waals surface area contributed by atoms with Crippen LogP contribution in [0.5, 0.6) is 5.75 Å². The highest BCUT2D eigenvalue weighted by Crippen LogP contribution is 2.22. The number of thioether (sulfide) groups is 1. The number of hydrogen-bond acceptors (Lipinski definition) is 5. The number of nitrogens with one attached hydrogen (secondary N) is 1. The number of pyridine rings is 1. The van der Waals surface area contributed by atoms with Crippen LogP contribution in [0.2, 0.25) is 0 Å². The number of carbonyl (C=O) groups excluding carboxylic acids is 1. The van der Waals surface area contributed by atoms with Crippen molar-refractivity contribution in [2.75, 3.05) is 25.1 Å². The molecule has 150 valence electrons. The Hall–Kier alpha value is -2.05. The number of likely N-dealkylation sites (tertiary alicyclic amines) is 1. The summed E-state index contributed by atoms with van der Waals surface area (Å²) in [5, 5.41) is 2.91. The van der Waals surface area contributed by atoms with Gasteiger partial charge in [0, 0.05) is 36.6 Å². The van der Waals surface area contributed by atoms with Gasteiger partial charge < -0.3 is 10.1 Å². The van der Waals surface area contributed by atoms with Crippen molar-refractivity contribution in [1.82, 2.24) is 15.2 Å². The van der Waals surface area contributed by atoms with Gasteiger partial charge in [0.2, 0.25) is 0 Å². The van der Waals surface area contributed by atoms with E-state index in [9.17, 15) is 4.79 Å². The molecule has 28 heavy (non-hydrogen) atoms. The molecule has 0 unspecified atom stereocenters. The lowest BCUT2D eigenvalue weighted by Gasteiger charge is -2.35. The second-order valence-electron chi connectivity index (χ2n) is 7.19. The van der Waals surface area contributed by atoms with E-state index in [0.29, 0.717) is 18.2 Å². The maximum Gasteiger partial charge on any atom is 0.251 e. The second-order valence-corrected chi connectivity index (χ2v) is 8.10. The third kappa shape index (κ3) is 5.97. The molecule has 3 rings (SSSR count). The molecule has 2 heterocycles. The van der Waals surface area contributed by atoms with Crippen LogP contribution in [0, 0.1) is 0 Å². The molecule has 5 nitrogen and oxygen atoms in total. The number of carbonyl (C=O) groups is 1. The number of hydrogen-bond donors (Lipinski definition) is 1. The van der Waals surface area contributed by atoms with Crippen molar-refractivity contribution in [3.63, 3.8) is 0 Å². The van der Waals surface area contributed by atoms with Crippen LogP contribution in [0.15, 0.2) is 48.7 Å². The van der Waals surface area contributed by atoms with Crippen molar-refractivity contribution in [3.05, 3.63) is 59.9 Å². The van der Waals surface area contributed by atoms with Crippen LogP contribution in [0.4, 0.5) is 0 Å². The molecule has 1 fully saturated rings. The van der Waals surface area contributed by atoms with Gasteiger partial charge >= 0.3 is 0 Å². The van der Waals surface area contributed by atoms with Gasteiger partial charge in [-0.15, -0.1) is 0 Å². The summed E-state index contributed by atoms with van der Waals surface area (Å²) in [6.45, 7) is 4.84. The Kier molecular flexibility index (Phi) is 7.74. The average Bonchev–Trinajstić information content (AvgIpc) is 2.73. The minimum Gasteiger partial charge on any atom is -0.490 e. The number of amides is 1. The lowest BCUT2D eigenvalue weighted by molar-refractivity contribution is 0.0849. The van der Waals surface area contributed by atoms with Crippen LogP contribution in [0.1, 0.15) is 35.8 Å². The molecule has 0 radical (unpaired) electrons. The van der Waals surface area contributed by atoms with E-state index >= 15 is 0 Å². The molecule has 1 saturated heterocycles. The van der Waals surface area contributed by atoms with Gasteiger partial charge in [-0.2, -0.15) is 11.8 Å². The highest BCUT2D eigenvalue weighted by atomic mass is 32.2. The monoisotopic (exact) mass is 399 g/mol. The van der Waals surface area contributed by atoms with E-state index in [-0.39, 0.29) is 12.0 Å². The second kappa shape index (κ2) is 10.5. The van der Waals surface area contributed by atoms with Crippen LogP contribution in [0.3, 0.4) is 0 Å². The minimum absolute atomic E-state index is 0.114. The van der Waals surface area contributed by atoms with Gasteiger partial charge in [-0.3, -0.25) is 14.7 Å². The van der Waals surface area contributed by atoms with Gasteiger partial charge in [-0.1, -0.05) is 12.1 Å². The maximum absolute atomic E-state index is 12.4. The standard InChI is InChI=1S/C22H29N3O2S/c1-17(16-28-2)25-12-9-20(10-13-25)27-21-8-5-6-18(14-21)22(26)24-15-19-7-3-4-11-23-19/h3-8,11,14,17,20H,9-10,12-13,15-16H2,1-2H3,(H,24,26)/t17-/m1/s1. The first-order valence-corrected chi connectivity index (χ1v) is 11.2. The van der Waals surface area contributed by atoms with E-state index in [1.165, 1.54) is 5.75 Å². The van der Waals surface area contributed by atoms with Gasteiger partial charge in [0.1, 0.15) is 11.9 Å². The first kappa shape index (κ1) is 20.7. The van der Waals surface area contributed by atoms with Gasteiger partial charge in [0.15, 0.2) is 0 Å². The SMILES string of the molecule is CSC[C@@H](C)N1CCC(Oc2cccc(C(=O)NCc3ccccn3)c2)CC1. The topological polar surface area (TPSA) is 54.5 Å².